The minimum atomic E-state index is -3.00. The number of sulfone groups is 1. The summed E-state index contributed by atoms with van der Waals surface area (Å²) in [7, 11) is -3.00. The molecular formula is C19H26N4O2S. The minimum Gasteiger partial charge on any atom is -0.348 e. The zero-order valence-corrected chi connectivity index (χ0v) is 16.2. The van der Waals surface area contributed by atoms with Crippen molar-refractivity contribution in [1.82, 2.24) is 19.8 Å². The molecule has 1 aromatic carbocycles. The number of piperazine rings is 1. The van der Waals surface area contributed by atoms with Gasteiger partial charge in [0.2, 0.25) is 0 Å². The number of hydrogen-bond acceptors (Lipinski definition) is 5. The molecule has 4 rings (SSSR count). The normalized spacial score (nSPS) is 26.1. The van der Waals surface area contributed by atoms with Gasteiger partial charge in [-0.3, -0.25) is 9.80 Å². The lowest BCUT2D eigenvalue weighted by atomic mass is 10.0. The van der Waals surface area contributed by atoms with E-state index in [1.54, 1.807) is 6.20 Å². The molecule has 2 saturated heterocycles. The molecule has 1 N–H and O–H groups in total. The maximum Gasteiger partial charge on any atom is 0.153 e. The molecule has 0 bridgehead atoms. The summed E-state index contributed by atoms with van der Waals surface area (Å²) in [6.45, 7) is 7.46. The van der Waals surface area contributed by atoms with Crippen molar-refractivity contribution in [2.45, 2.75) is 39.0 Å². The molecule has 0 saturated carbocycles. The van der Waals surface area contributed by atoms with Crippen molar-refractivity contribution in [3.63, 3.8) is 0 Å². The van der Waals surface area contributed by atoms with Gasteiger partial charge in [-0.1, -0.05) is 29.3 Å². The summed E-state index contributed by atoms with van der Waals surface area (Å²) < 4.78 is 24.7. The Balaban J connectivity index is 1.55. The second-order valence-corrected chi connectivity index (χ2v) is 9.84. The van der Waals surface area contributed by atoms with Gasteiger partial charge in [-0.2, -0.15) is 0 Å². The third-order valence-corrected chi connectivity index (χ3v) is 7.18. The second-order valence-electron chi connectivity index (χ2n) is 7.68. The van der Waals surface area contributed by atoms with Crippen molar-refractivity contribution in [1.29, 1.82) is 0 Å². The van der Waals surface area contributed by atoms with Crippen LogP contribution in [0, 0.1) is 13.8 Å². The highest BCUT2D eigenvalue weighted by Crippen LogP contribution is 2.29. The van der Waals surface area contributed by atoms with Crippen molar-refractivity contribution in [2.75, 3.05) is 24.6 Å². The summed E-state index contributed by atoms with van der Waals surface area (Å²) >= 11 is 0. The van der Waals surface area contributed by atoms with Gasteiger partial charge < -0.3 is 4.98 Å². The third-order valence-electron chi connectivity index (χ3n) is 5.48. The average molecular weight is 375 g/mol. The van der Waals surface area contributed by atoms with Gasteiger partial charge in [0.1, 0.15) is 5.82 Å². The topological polar surface area (TPSA) is 69.3 Å². The number of aromatic amines is 1. The number of rotatable bonds is 4. The van der Waals surface area contributed by atoms with Gasteiger partial charge in [0.05, 0.1) is 18.1 Å². The van der Waals surface area contributed by atoms with E-state index < -0.39 is 9.84 Å². The first-order valence-electron chi connectivity index (χ1n) is 9.13. The van der Waals surface area contributed by atoms with Crippen LogP contribution in [0.1, 0.15) is 22.5 Å². The monoisotopic (exact) mass is 374 g/mol. The molecule has 0 amide bonds. The van der Waals surface area contributed by atoms with E-state index in [0.29, 0.717) is 6.54 Å². The summed E-state index contributed by atoms with van der Waals surface area (Å²) in [5, 5.41) is 0. The maximum atomic E-state index is 12.4. The second kappa shape index (κ2) is 6.79. The Morgan fingerprint density at radius 3 is 2.23 bits per heavy atom. The standard InChI is InChI=1S/C19H26N4O2S/c1-14-7-15(2)9-16(8-14)10-22-5-6-23(11-19-20-3-4-21-19)18-13-26(24,25)12-17(18)22/h3-4,7-9,17-18H,5-6,10-13H2,1-2H3,(H,20,21)/t17-,18+/m1/s1. The number of hydrogen-bond donors (Lipinski definition) is 1. The van der Waals surface area contributed by atoms with Crippen LogP contribution in [0.25, 0.3) is 0 Å². The van der Waals surface area contributed by atoms with E-state index in [9.17, 15) is 8.42 Å². The number of aromatic nitrogens is 2. The molecule has 3 heterocycles. The van der Waals surface area contributed by atoms with E-state index in [1.165, 1.54) is 16.7 Å². The molecule has 2 atom stereocenters. The number of nitrogens with zero attached hydrogens (tertiary/aromatic N) is 3. The van der Waals surface area contributed by atoms with Crippen LogP contribution in [0.2, 0.25) is 0 Å². The SMILES string of the molecule is Cc1cc(C)cc(CN2CCN(Cc3ncc[nH]3)[C@H]3CS(=O)(=O)C[C@H]32)c1. The highest BCUT2D eigenvalue weighted by atomic mass is 32.2. The lowest BCUT2D eigenvalue weighted by Crippen LogP contribution is -2.58. The van der Waals surface area contributed by atoms with Gasteiger partial charge in [-0.05, 0) is 19.4 Å². The number of aryl methyl sites for hydroxylation is 2. The van der Waals surface area contributed by atoms with Gasteiger partial charge in [0, 0.05) is 44.1 Å². The molecule has 0 unspecified atom stereocenters. The van der Waals surface area contributed by atoms with Crippen LogP contribution in [0.5, 0.6) is 0 Å². The van der Waals surface area contributed by atoms with Crippen LogP contribution in [0.3, 0.4) is 0 Å². The van der Waals surface area contributed by atoms with E-state index in [4.69, 9.17) is 0 Å². The van der Waals surface area contributed by atoms with Crippen LogP contribution in [0.15, 0.2) is 30.6 Å². The lowest BCUT2D eigenvalue weighted by Gasteiger charge is -2.43. The smallest absolute Gasteiger partial charge is 0.153 e. The molecule has 0 radical (unpaired) electrons. The minimum absolute atomic E-state index is 0.0461. The van der Waals surface area contributed by atoms with Gasteiger partial charge in [-0.25, -0.2) is 13.4 Å². The maximum absolute atomic E-state index is 12.4. The van der Waals surface area contributed by atoms with Gasteiger partial charge in [0.15, 0.2) is 9.84 Å². The quantitative estimate of drug-likeness (QED) is 0.879. The Kier molecular flexibility index (Phi) is 4.62. The van der Waals surface area contributed by atoms with Gasteiger partial charge >= 0.3 is 0 Å². The Labute approximate surface area is 155 Å². The van der Waals surface area contributed by atoms with Crippen LogP contribution >= 0.6 is 0 Å². The molecule has 2 aliphatic heterocycles. The van der Waals surface area contributed by atoms with E-state index >= 15 is 0 Å². The summed E-state index contributed by atoms with van der Waals surface area (Å²) in [4.78, 5) is 12.1. The molecule has 2 fully saturated rings. The zero-order chi connectivity index (χ0) is 18.3. The zero-order valence-electron chi connectivity index (χ0n) is 15.4. The molecule has 2 aliphatic rings. The summed E-state index contributed by atoms with van der Waals surface area (Å²) in [5.41, 5.74) is 3.78. The molecule has 6 nitrogen and oxygen atoms in total. The first-order valence-corrected chi connectivity index (χ1v) is 11.0. The molecule has 2 aromatic rings. The number of H-pyrrole nitrogens is 1. The molecule has 1 aromatic heterocycles. The molecule has 0 spiro atoms. The summed E-state index contributed by atoms with van der Waals surface area (Å²) in [6, 6.07) is 6.70. The third kappa shape index (κ3) is 3.70. The lowest BCUT2D eigenvalue weighted by molar-refractivity contribution is 0.0341. The first kappa shape index (κ1) is 17.7. The Bertz CT molecular complexity index is 859. The average Bonchev–Trinajstić information content (AvgIpc) is 3.15. The largest absolute Gasteiger partial charge is 0.348 e. The Hall–Kier alpha value is -1.70. The van der Waals surface area contributed by atoms with Gasteiger partial charge in [0.25, 0.3) is 0 Å². The van der Waals surface area contributed by atoms with Crippen molar-refractivity contribution >= 4 is 9.84 Å². The number of fused-ring (bicyclic) bond motifs is 1. The van der Waals surface area contributed by atoms with Crippen molar-refractivity contribution < 1.29 is 8.42 Å². The van der Waals surface area contributed by atoms with Crippen LogP contribution < -0.4 is 0 Å². The first-order chi connectivity index (χ1) is 12.4. The molecular weight excluding hydrogens is 348 g/mol. The highest BCUT2D eigenvalue weighted by molar-refractivity contribution is 7.91. The predicted molar refractivity (Wildman–Crippen MR) is 102 cm³/mol. The molecule has 140 valence electrons. The van der Waals surface area contributed by atoms with E-state index in [1.807, 2.05) is 6.20 Å². The number of imidazole rings is 1. The predicted octanol–water partition coefficient (Wildman–Crippen LogP) is 1.51. The summed E-state index contributed by atoms with van der Waals surface area (Å²) in [6.07, 6.45) is 3.56. The number of nitrogens with one attached hydrogen (secondary N) is 1. The molecule has 26 heavy (non-hydrogen) atoms. The van der Waals surface area contributed by atoms with E-state index in [-0.39, 0.29) is 23.6 Å². The fourth-order valence-corrected chi connectivity index (χ4v) is 6.50. The van der Waals surface area contributed by atoms with Crippen LogP contribution in [0.4, 0.5) is 0 Å². The van der Waals surface area contributed by atoms with Crippen molar-refractivity contribution in [2.24, 2.45) is 0 Å². The molecule has 7 heteroatoms. The Morgan fingerprint density at radius 1 is 1.04 bits per heavy atom. The number of benzene rings is 1. The molecule has 0 aliphatic carbocycles. The van der Waals surface area contributed by atoms with Crippen molar-refractivity contribution in [3.05, 3.63) is 53.1 Å². The fourth-order valence-electron chi connectivity index (χ4n) is 4.46. The fraction of sp³-hybridized carbons (Fsp3) is 0.526. The van der Waals surface area contributed by atoms with Crippen LogP contribution in [-0.4, -0.2) is 64.9 Å². The Morgan fingerprint density at radius 2 is 1.65 bits per heavy atom. The van der Waals surface area contributed by atoms with Crippen molar-refractivity contribution in [3.8, 4) is 0 Å². The van der Waals surface area contributed by atoms with Gasteiger partial charge in [-0.15, -0.1) is 0 Å². The van der Waals surface area contributed by atoms with E-state index in [2.05, 4.69) is 51.8 Å². The highest BCUT2D eigenvalue weighted by Gasteiger charge is 2.46. The summed E-state index contributed by atoms with van der Waals surface area (Å²) in [5.74, 6) is 1.41. The van der Waals surface area contributed by atoms with E-state index in [0.717, 1.165) is 25.5 Å². The van der Waals surface area contributed by atoms with Crippen LogP contribution in [-0.2, 0) is 22.9 Å².